The molecule has 3 aromatic rings. The molecule has 0 fully saturated rings. The summed E-state index contributed by atoms with van der Waals surface area (Å²) < 4.78 is 5.38. The second kappa shape index (κ2) is 9.17. The molecule has 0 saturated heterocycles. The molecule has 132 valence electrons. The van der Waals surface area contributed by atoms with E-state index in [1.807, 2.05) is 72.8 Å². The fraction of sp³-hybridized carbons (Fsp3) is 0.143. The summed E-state index contributed by atoms with van der Waals surface area (Å²) in [6.45, 7) is 0. The Balaban J connectivity index is 1.65. The summed E-state index contributed by atoms with van der Waals surface area (Å²) >= 11 is 1.66. The van der Waals surface area contributed by atoms with Gasteiger partial charge in [0.2, 0.25) is 0 Å². The molecule has 26 heavy (non-hydrogen) atoms. The third-order valence-corrected chi connectivity index (χ3v) is 4.81. The minimum atomic E-state index is -0.636. The van der Waals surface area contributed by atoms with Crippen LogP contribution >= 0.6 is 11.8 Å². The number of ether oxygens (including phenoxy) is 1. The molecule has 1 amide bonds. The van der Waals surface area contributed by atoms with E-state index in [9.17, 15) is 4.79 Å². The fourth-order valence-electron chi connectivity index (χ4n) is 2.56. The van der Waals surface area contributed by atoms with Crippen molar-refractivity contribution in [1.29, 1.82) is 0 Å². The summed E-state index contributed by atoms with van der Waals surface area (Å²) in [7, 11) is 1.54. The number of nitrogens with zero attached hydrogens (tertiary/aromatic N) is 1. The predicted octanol–water partition coefficient (Wildman–Crippen LogP) is 4.70. The number of hydrogen-bond acceptors (Lipinski definition) is 4. The van der Waals surface area contributed by atoms with Crippen LogP contribution < -0.4 is 5.32 Å². The second-order valence-electron chi connectivity index (χ2n) is 5.67. The molecule has 1 N–H and O–H groups in total. The summed E-state index contributed by atoms with van der Waals surface area (Å²) in [5.74, 6) is 0.598. The molecule has 3 rings (SSSR count). The Labute approximate surface area is 157 Å². The van der Waals surface area contributed by atoms with E-state index in [-0.39, 0.29) is 5.91 Å². The van der Waals surface area contributed by atoms with Gasteiger partial charge in [0.1, 0.15) is 0 Å². The number of rotatable bonds is 7. The van der Waals surface area contributed by atoms with Gasteiger partial charge >= 0.3 is 0 Å². The van der Waals surface area contributed by atoms with Crippen LogP contribution in [0, 0.1) is 0 Å². The van der Waals surface area contributed by atoms with Gasteiger partial charge in [-0.3, -0.25) is 4.79 Å². The van der Waals surface area contributed by atoms with Gasteiger partial charge in [-0.2, -0.15) is 0 Å². The molecule has 0 aliphatic heterocycles. The normalized spacial score (nSPS) is 11.7. The maximum absolute atomic E-state index is 12.6. The molecule has 4 nitrogen and oxygen atoms in total. The zero-order chi connectivity index (χ0) is 18.2. The van der Waals surface area contributed by atoms with E-state index in [1.165, 1.54) is 7.11 Å². The molecular formula is C21H20N2O2S. The van der Waals surface area contributed by atoms with Crippen molar-refractivity contribution in [2.75, 3.05) is 12.4 Å². The number of anilines is 1. The first kappa shape index (κ1) is 18.2. The number of thioether (sulfide) groups is 1. The van der Waals surface area contributed by atoms with Crippen LogP contribution in [0.1, 0.15) is 17.2 Å². The highest BCUT2D eigenvalue weighted by Gasteiger charge is 2.19. The average Bonchev–Trinajstić information content (AvgIpc) is 2.69. The number of carbonyl (C=O) groups excluding carboxylic acids is 1. The van der Waals surface area contributed by atoms with Gasteiger partial charge in [-0.05, 0) is 35.4 Å². The Kier molecular flexibility index (Phi) is 6.41. The van der Waals surface area contributed by atoms with Gasteiger partial charge in [0, 0.05) is 24.7 Å². The number of nitrogens with one attached hydrogen (secondary N) is 1. The first-order valence-corrected chi connectivity index (χ1v) is 9.26. The Bertz CT molecular complexity index is 841. The number of carbonyl (C=O) groups is 1. The summed E-state index contributed by atoms with van der Waals surface area (Å²) in [5.41, 5.74) is 2.70. The van der Waals surface area contributed by atoms with Crippen LogP contribution in [0.15, 0.2) is 84.0 Å². The first-order chi connectivity index (χ1) is 12.8. The number of hydrogen-bond donors (Lipinski definition) is 1. The molecule has 0 aliphatic rings. The van der Waals surface area contributed by atoms with Gasteiger partial charge in [-0.25, -0.2) is 4.98 Å². The van der Waals surface area contributed by atoms with E-state index in [1.54, 1.807) is 18.0 Å². The second-order valence-corrected chi connectivity index (χ2v) is 6.67. The summed E-state index contributed by atoms with van der Waals surface area (Å²) in [5, 5.41) is 3.92. The van der Waals surface area contributed by atoms with E-state index in [4.69, 9.17) is 4.74 Å². The summed E-state index contributed by atoms with van der Waals surface area (Å²) in [4.78, 5) is 16.9. The van der Waals surface area contributed by atoms with Crippen molar-refractivity contribution >= 4 is 23.4 Å². The van der Waals surface area contributed by atoms with Gasteiger partial charge in [-0.15, -0.1) is 11.8 Å². The molecule has 1 heterocycles. The average molecular weight is 364 g/mol. The highest BCUT2D eigenvalue weighted by atomic mass is 32.2. The Morgan fingerprint density at radius 2 is 1.88 bits per heavy atom. The molecule has 0 bridgehead atoms. The van der Waals surface area contributed by atoms with Gasteiger partial charge in [0.25, 0.3) is 5.91 Å². The fourth-order valence-corrected chi connectivity index (χ4v) is 3.36. The smallest absolute Gasteiger partial charge is 0.258 e. The quantitative estimate of drug-likeness (QED) is 0.618. The van der Waals surface area contributed by atoms with Gasteiger partial charge in [0.15, 0.2) is 6.10 Å². The van der Waals surface area contributed by atoms with Crippen LogP contribution in [0.2, 0.25) is 0 Å². The Hall–Kier alpha value is -2.63. The molecule has 5 heteroatoms. The standard InChI is InChI=1S/C21H20N2O2S/c1-25-20(17-9-3-2-4-10-17)21(24)23-18-11-7-8-16(14-18)15-26-19-12-5-6-13-22-19/h2-14,20H,15H2,1H3,(H,23,24). The van der Waals surface area contributed by atoms with Crippen LogP contribution in [-0.2, 0) is 15.3 Å². The van der Waals surface area contributed by atoms with Crippen molar-refractivity contribution in [2.24, 2.45) is 0 Å². The highest BCUT2D eigenvalue weighted by Crippen LogP contribution is 2.23. The lowest BCUT2D eigenvalue weighted by atomic mass is 10.1. The van der Waals surface area contributed by atoms with Gasteiger partial charge < -0.3 is 10.1 Å². The number of benzene rings is 2. The summed E-state index contributed by atoms with van der Waals surface area (Å²) in [6.07, 6.45) is 1.15. The summed E-state index contributed by atoms with van der Waals surface area (Å²) in [6, 6.07) is 23.2. The third kappa shape index (κ3) is 4.94. The zero-order valence-electron chi connectivity index (χ0n) is 14.5. The Morgan fingerprint density at radius 3 is 2.62 bits per heavy atom. The lowest BCUT2D eigenvalue weighted by Crippen LogP contribution is -2.22. The number of amides is 1. The maximum Gasteiger partial charge on any atom is 0.258 e. The molecule has 1 atom stereocenters. The van der Waals surface area contributed by atoms with E-state index in [2.05, 4.69) is 10.3 Å². The maximum atomic E-state index is 12.6. The largest absolute Gasteiger partial charge is 0.367 e. The van der Waals surface area contributed by atoms with Crippen LogP contribution in [0.5, 0.6) is 0 Å². The minimum Gasteiger partial charge on any atom is -0.367 e. The predicted molar refractivity (Wildman–Crippen MR) is 105 cm³/mol. The van der Waals surface area contributed by atoms with E-state index >= 15 is 0 Å². The van der Waals surface area contributed by atoms with Crippen molar-refractivity contribution in [3.8, 4) is 0 Å². The zero-order valence-corrected chi connectivity index (χ0v) is 15.3. The molecule has 0 spiro atoms. The number of methoxy groups -OCH3 is 1. The Morgan fingerprint density at radius 1 is 1.08 bits per heavy atom. The topological polar surface area (TPSA) is 51.2 Å². The molecule has 0 saturated carbocycles. The van der Waals surface area contributed by atoms with Gasteiger partial charge in [-0.1, -0.05) is 48.5 Å². The van der Waals surface area contributed by atoms with Crippen molar-refractivity contribution in [2.45, 2.75) is 16.9 Å². The molecular weight excluding hydrogens is 344 g/mol. The molecule has 0 aliphatic carbocycles. The monoisotopic (exact) mass is 364 g/mol. The lowest BCUT2D eigenvalue weighted by Gasteiger charge is -2.16. The molecule has 1 unspecified atom stereocenters. The van der Waals surface area contributed by atoms with E-state index in [0.717, 1.165) is 27.6 Å². The number of pyridine rings is 1. The van der Waals surface area contributed by atoms with Crippen molar-refractivity contribution in [3.63, 3.8) is 0 Å². The molecule has 0 radical (unpaired) electrons. The highest BCUT2D eigenvalue weighted by molar-refractivity contribution is 7.98. The SMILES string of the molecule is COC(C(=O)Nc1cccc(CSc2ccccn2)c1)c1ccccc1. The van der Waals surface area contributed by atoms with Crippen LogP contribution in [0.4, 0.5) is 5.69 Å². The number of aromatic nitrogens is 1. The molecule has 2 aromatic carbocycles. The lowest BCUT2D eigenvalue weighted by molar-refractivity contribution is -0.126. The third-order valence-electron chi connectivity index (χ3n) is 3.80. The van der Waals surface area contributed by atoms with Crippen molar-refractivity contribution in [1.82, 2.24) is 4.98 Å². The first-order valence-electron chi connectivity index (χ1n) is 8.27. The van der Waals surface area contributed by atoms with E-state index in [0.29, 0.717) is 0 Å². The van der Waals surface area contributed by atoms with Gasteiger partial charge in [0.05, 0.1) is 5.03 Å². The molecule has 1 aromatic heterocycles. The van der Waals surface area contributed by atoms with E-state index < -0.39 is 6.10 Å². The minimum absolute atomic E-state index is 0.187. The van der Waals surface area contributed by atoms with Crippen LogP contribution in [0.3, 0.4) is 0 Å². The van der Waals surface area contributed by atoms with Crippen LogP contribution in [0.25, 0.3) is 0 Å². The van der Waals surface area contributed by atoms with Crippen LogP contribution in [-0.4, -0.2) is 18.0 Å². The van der Waals surface area contributed by atoms with Crippen molar-refractivity contribution in [3.05, 3.63) is 90.1 Å². The van der Waals surface area contributed by atoms with Crippen molar-refractivity contribution < 1.29 is 9.53 Å².